The molecule has 4 aromatic rings. The number of carbonyl (C=O) groups is 1. The van der Waals surface area contributed by atoms with E-state index in [0.717, 1.165) is 22.3 Å². The van der Waals surface area contributed by atoms with Gasteiger partial charge in [-0.05, 0) is 62.3 Å². The Kier molecular flexibility index (Phi) is 7.60. The fourth-order valence-corrected chi connectivity index (χ4v) is 7.25. The van der Waals surface area contributed by atoms with Gasteiger partial charge in [0.05, 0.1) is 11.4 Å². The van der Waals surface area contributed by atoms with E-state index in [1.54, 1.807) is 24.0 Å². The van der Waals surface area contributed by atoms with Crippen LogP contribution in [0.25, 0.3) is 22.2 Å². The van der Waals surface area contributed by atoms with E-state index in [4.69, 9.17) is 9.26 Å². The number of hydrogen-bond acceptors (Lipinski definition) is 9. The average Bonchev–Trinajstić information content (AvgIpc) is 3.58. The number of likely N-dealkylation sites (tertiary alicyclic amines) is 1. The van der Waals surface area contributed by atoms with Crippen molar-refractivity contribution in [2.75, 3.05) is 50.1 Å². The Morgan fingerprint density at radius 1 is 1.00 bits per heavy atom. The molecule has 2 saturated heterocycles. The van der Waals surface area contributed by atoms with Crippen LogP contribution in [-0.4, -0.2) is 82.0 Å². The van der Waals surface area contributed by atoms with Crippen LogP contribution in [0.4, 0.5) is 16.2 Å². The summed E-state index contributed by atoms with van der Waals surface area (Å²) in [6.07, 6.45) is 0.702. The minimum absolute atomic E-state index is 0.164. The Morgan fingerprint density at radius 3 is 2.40 bits per heavy atom. The monoisotopic (exact) mass is 590 g/mol. The minimum atomic E-state index is -3.71. The Labute approximate surface area is 245 Å². The topological polar surface area (TPSA) is 121 Å². The molecule has 3 aromatic carbocycles. The highest BCUT2D eigenvalue weighted by atomic mass is 32.2. The minimum Gasteiger partial charge on any atom is -0.443 e. The van der Waals surface area contributed by atoms with Crippen LogP contribution in [0.5, 0.6) is 0 Å². The first-order chi connectivity index (χ1) is 20.2. The zero-order valence-electron chi connectivity index (χ0n) is 23.9. The van der Waals surface area contributed by atoms with E-state index < -0.39 is 10.0 Å². The first-order valence-corrected chi connectivity index (χ1v) is 15.5. The predicted molar refractivity (Wildman–Crippen MR) is 160 cm³/mol. The van der Waals surface area contributed by atoms with Crippen LogP contribution < -0.4 is 14.5 Å². The highest BCUT2D eigenvalue weighted by molar-refractivity contribution is 7.89. The molecular weight excluding hydrogens is 556 g/mol. The van der Waals surface area contributed by atoms with Crippen LogP contribution in [0.15, 0.2) is 70.1 Å². The maximum atomic E-state index is 13.5. The number of benzene rings is 3. The summed E-state index contributed by atoms with van der Waals surface area (Å²) in [5, 5.41) is 5.54. The number of aryl methyl sites for hydroxylation is 1. The van der Waals surface area contributed by atoms with E-state index in [0.29, 0.717) is 61.0 Å². The number of rotatable bonds is 8. The summed E-state index contributed by atoms with van der Waals surface area (Å²) in [7, 11) is 0.185. The fourth-order valence-electron chi connectivity index (χ4n) is 5.73. The van der Waals surface area contributed by atoms with Crippen molar-refractivity contribution in [3.63, 3.8) is 0 Å². The number of sulfonamides is 1. The van der Waals surface area contributed by atoms with Crippen molar-refractivity contribution in [2.24, 2.45) is 0 Å². The summed E-state index contributed by atoms with van der Waals surface area (Å²) in [5.74, 6) is 0.993. The van der Waals surface area contributed by atoms with E-state index >= 15 is 0 Å². The van der Waals surface area contributed by atoms with Gasteiger partial charge in [0.25, 0.3) is 0 Å². The largest absolute Gasteiger partial charge is 0.443 e. The third-order valence-corrected chi connectivity index (χ3v) is 9.42. The molecule has 0 radical (unpaired) electrons. The lowest BCUT2D eigenvalue weighted by Crippen LogP contribution is -2.46. The molecule has 0 spiro atoms. The Morgan fingerprint density at radius 2 is 1.71 bits per heavy atom. The van der Waals surface area contributed by atoms with Crippen molar-refractivity contribution in [1.29, 1.82) is 0 Å². The van der Waals surface area contributed by atoms with Gasteiger partial charge < -0.3 is 14.2 Å². The lowest BCUT2D eigenvalue weighted by molar-refractivity contribution is 0.0968. The number of nitrogens with one attached hydrogen (secondary N) is 1. The Hall–Kier alpha value is -4.00. The molecule has 11 nitrogen and oxygen atoms in total. The number of aromatic nitrogens is 2. The van der Waals surface area contributed by atoms with Crippen molar-refractivity contribution >= 4 is 38.3 Å². The van der Waals surface area contributed by atoms with Crippen LogP contribution in [-0.2, 0) is 14.8 Å². The summed E-state index contributed by atoms with van der Waals surface area (Å²) in [6.45, 7) is 4.19. The number of piperidine rings is 1. The van der Waals surface area contributed by atoms with Crippen molar-refractivity contribution in [2.45, 2.75) is 36.8 Å². The van der Waals surface area contributed by atoms with Crippen LogP contribution in [0, 0.1) is 6.92 Å². The zero-order chi connectivity index (χ0) is 29.4. The summed E-state index contributed by atoms with van der Waals surface area (Å²) >= 11 is 0. The second-order valence-corrected chi connectivity index (χ2v) is 12.7. The van der Waals surface area contributed by atoms with Crippen molar-refractivity contribution in [1.82, 2.24) is 19.8 Å². The highest BCUT2D eigenvalue weighted by Crippen LogP contribution is 2.31. The molecule has 1 amide bonds. The van der Waals surface area contributed by atoms with Crippen LogP contribution in [0.1, 0.15) is 18.7 Å². The van der Waals surface area contributed by atoms with Gasteiger partial charge in [-0.15, -0.1) is 0 Å². The van der Waals surface area contributed by atoms with Crippen molar-refractivity contribution in [3.05, 3.63) is 66.6 Å². The van der Waals surface area contributed by atoms with Crippen LogP contribution in [0.2, 0.25) is 0 Å². The molecule has 1 N–H and O–H groups in total. The maximum Gasteiger partial charge on any atom is 0.414 e. The van der Waals surface area contributed by atoms with E-state index in [1.807, 2.05) is 67.5 Å². The second-order valence-electron chi connectivity index (χ2n) is 11.0. The SMILES string of the molecule is Cc1nc(-c2ccc(N3CC(CN4CCC(NS(=O)(=O)c5cccc6c(N(C)C)cccc56)CC4)OC3=O)cc2)no1. The molecule has 1 unspecified atom stereocenters. The standard InChI is InChI=1S/C30H34N6O5S/c1-20-31-29(32-41-20)21-10-12-23(13-11-21)36-19-24(40-30(36)37)18-35-16-14-22(15-17-35)33-42(38,39)28-9-5-6-25-26(28)7-4-8-27(25)34(2)3/h4-13,22,24,33H,14-19H2,1-3H3. The third kappa shape index (κ3) is 5.69. The summed E-state index contributed by atoms with van der Waals surface area (Å²) in [6, 6.07) is 18.4. The molecule has 2 aliphatic rings. The van der Waals surface area contributed by atoms with Gasteiger partial charge in [-0.25, -0.2) is 17.9 Å². The number of fused-ring (bicyclic) bond motifs is 1. The van der Waals surface area contributed by atoms with Gasteiger partial charge in [0, 0.05) is 61.3 Å². The maximum absolute atomic E-state index is 13.5. The third-order valence-electron chi connectivity index (χ3n) is 7.84. The molecule has 220 valence electrons. The molecule has 6 rings (SSSR count). The number of nitrogens with zero attached hydrogens (tertiary/aromatic N) is 5. The molecule has 12 heteroatoms. The normalized spacial score (nSPS) is 18.5. The van der Waals surface area contributed by atoms with Gasteiger partial charge in [0.15, 0.2) is 0 Å². The molecule has 42 heavy (non-hydrogen) atoms. The van der Waals surface area contributed by atoms with E-state index in [1.165, 1.54) is 0 Å². The van der Waals surface area contributed by atoms with E-state index in [-0.39, 0.29) is 18.2 Å². The molecule has 0 aliphatic carbocycles. The zero-order valence-corrected chi connectivity index (χ0v) is 24.7. The molecule has 1 aromatic heterocycles. The molecule has 1 atom stereocenters. The predicted octanol–water partition coefficient (Wildman–Crippen LogP) is 4.03. The number of hydrogen-bond donors (Lipinski definition) is 1. The van der Waals surface area contributed by atoms with Crippen LogP contribution in [0.3, 0.4) is 0 Å². The van der Waals surface area contributed by atoms with Gasteiger partial charge in [0.2, 0.25) is 21.7 Å². The van der Waals surface area contributed by atoms with Gasteiger partial charge in [0.1, 0.15) is 6.10 Å². The lowest BCUT2D eigenvalue weighted by Gasteiger charge is -2.33. The Balaban J connectivity index is 1.04. The molecule has 0 saturated carbocycles. The van der Waals surface area contributed by atoms with Crippen LogP contribution >= 0.6 is 0 Å². The van der Waals surface area contributed by atoms with Crippen molar-refractivity contribution < 1.29 is 22.5 Å². The molecule has 0 bridgehead atoms. The number of anilines is 2. The van der Waals surface area contributed by atoms with Gasteiger partial charge >= 0.3 is 6.09 Å². The smallest absolute Gasteiger partial charge is 0.414 e. The molecule has 2 fully saturated rings. The number of cyclic esters (lactones) is 1. The van der Waals surface area contributed by atoms with Gasteiger partial charge in [-0.3, -0.25) is 9.80 Å². The number of carbonyl (C=O) groups excluding carboxylic acids is 1. The highest BCUT2D eigenvalue weighted by Gasteiger charge is 2.35. The summed E-state index contributed by atoms with van der Waals surface area (Å²) < 4.78 is 40.6. The molecule has 2 aliphatic heterocycles. The molecule has 3 heterocycles. The van der Waals surface area contributed by atoms with Gasteiger partial charge in [-0.1, -0.05) is 29.4 Å². The van der Waals surface area contributed by atoms with Gasteiger partial charge in [-0.2, -0.15) is 4.98 Å². The first-order valence-electron chi connectivity index (χ1n) is 14.0. The van der Waals surface area contributed by atoms with Crippen molar-refractivity contribution in [3.8, 4) is 11.4 Å². The second kappa shape index (κ2) is 11.3. The molecular formula is C30H34N6O5S. The van der Waals surface area contributed by atoms with E-state index in [9.17, 15) is 13.2 Å². The first kappa shape index (κ1) is 28.1. The average molecular weight is 591 g/mol. The fraction of sp³-hybridized carbons (Fsp3) is 0.367. The van der Waals surface area contributed by atoms with E-state index in [2.05, 4.69) is 19.8 Å². The summed E-state index contributed by atoms with van der Waals surface area (Å²) in [4.78, 5) is 23.0. The Bertz CT molecular complexity index is 1700. The quantitative estimate of drug-likeness (QED) is 0.324. The summed E-state index contributed by atoms with van der Waals surface area (Å²) in [5.41, 5.74) is 2.52. The number of amides is 1. The lowest BCUT2D eigenvalue weighted by atomic mass is 10.1. The number of ether oxygens (including phenoxy) is 1.